The van der Waals surface area contributed by atoms with E-state index in [2.05, 4.69) is 22.1 Å². The zero-order chi connectivity index (χ0) is 11.6. The molecule has 0 radical (unpaired) electrons. The number of rotatable bonds is 4. The highest BCUT2D eigenvalue weighted by Crippen LogP contribution is 2.32. The van der Waals surface area contributed by atoms with E-state index in [1.54, 1.807) is 0 Å². The number of carbonyl (C=O) groups excluding carboxylic acids is 1. The topological polar surface area (TPSA) is 45.0 Å². The molecule has 2 aliphatic heterocycles. The summed E-state index contributed by atoms with van der Waals surface area (Å²) < 4.78 is 0. The molecule has 0 aromatic rings. The second-order valence-electron chi connectivity index (χ2n) is 5.06. The summed E-state index contributed by atoms with van der Waals surface area (Å²) in [5, 5.41) is 7.89. The van der Waals surface area contributed by atoms with Crippen molar-refractivity contribution < 1.29 is 4.79 Å². The summed E-state index contributed by atoms with van der Waals surface area (Å²) in [6.45, 7) is 5.10. The number of hydrogen-bond acceptors (Lipinski definition) is 3. The van der Waals surface area contributed by atoms with Gasteiger partial charge in [0, 0.05) is 25.4 Å². The van der Waals surface area contributed by atoms with Gasteiger partial charge in [0.25, 0.3) is 0 Å². The Balaban J connectivity index is 1.82. The van der Waals surface area contributed by atoms with Crippen molar-refractivity contribution >= 4 is 5.91 Å². The maximum absolute atomic E-state index is 12.1. The molecule has 0 bridgehead atoms. The largest absolute Gasteiger partial charge is 0.340 e. The molecule has 0 spiro atoms. The number of carbonyl (C=O) groups is 1. The predicted molar refractivity (Wildman–Crippen MR) is 62.1 cm³/mol. The lowest BCUT2D eigenvalue weighted by molar-refractivity contribution is -0.135. The van der Waals surface area contributed by atoms with Crippen LogP contribution in [0.1, 0.15) is 52.4 Å². The number of amides is 1. The van der Waals surface area contributed by atoms with E-state index in [1.165, 1.54) is 12.8 Å². The van der Waals surface area contributed by atoms with Crippen molar-refractivity contribution in [2.75, 3.05) is 6.54 Å². The van der Waals surface area contributed by atoms with E-state index in [0.717, 1.165) is 25.8 Å². The number of nitrogens with zero attached hydrogens (tertiary/aromatic N) is 3. The first-order chi connectivity index (χ1) is 7.64. The number of likely N-dealkylation sites (tertiary alicyclic amines) is 1. The van der Waals surface area contributed by atoms with Crippen molar-refractivity contribution in [3.05, 3.63) is 0 Å². The van der Waals surface area contributed by atoms with Gasteiger partial charge in [0.2, 0.25) is 5.91 Å². The molecule has 1 saturated heterocycles. The van der Waals surface area contributed by atoms with Crippen molar-refractivity contribution in [3.63, 3.8) is 0 Å². The van der Waals surface area contributed by atoms with Crippen LogP contribution < -0.4 is 0 Å². The van der Waals surface area contributed by atoms with Crippen LogP contribution in [-0.2, 0) is 4.79 Å². The SMILES string of the molecule is CCC1CCCCN1C(=O)CCC1(C)N=N1. The van der Waals surface area contributed by atoms with E-state index in [4.69, 9.17) is 0 Å². The smallest absolute Gasteiger partial charge is 0.222 e. The Morgan fingerprint density at radius 1 is 1.44 bits per heavy atom. The summed E-state index contributed by atoms with van der Waals surface area (Å²) >= 11 is 0. The van der Waals surface area contributed by atoms with Crippen molar-refractivity contribution in [2.45, 2.75) is 64.1 Å². The molecule has 90 valence electrons. The van der Waals surface area contributed by atoms with Gasteiger partial charge in [-0.3, -0.25) is 4.79 Å². The molecular formula is C12H21N3O. The Hall–Kier alpha value is -0.930. The molecule has 4 nitrogen and oxygen atoms in total. The first kappa shape index (κ1) is 11.6. The van der Waals surface area contributed by atoms with Crippen LogP contribution in [0.15, 0.2) is 10.2 Å². The van der Waals surface area contributed by atoms with Crippen molar-refractivity contribution in [2.24, 2.45) is 10.2 Å². The van der Waals surface area contributed by atoms with Gasteiger partial charge in [0.1, 0.15) is 0 Å². The Labute approximate surface area is 97.1 Å². The predicted octanol–water partition coefficient (Wildman–Crippen LogP) is 2.74. The van der Waals surface area contributed by atoms with Crippen LogP contribution in [0.5, 0.6) is 0 Å². The lowest BCUT2D eigenvalue weighted by Crippen LogP contribution is -2.43. The highest BCUT2D eigenvalue weighted by Gasteiger charge is 2.35. The molecule has 2 heterocycles. The number of piperidine rings is 1. The normalized spacial score (nSPS) is 26.9. The third-order valence-corrected chi connectivity index (χ3v) is 3.67. The second-order valence-corrected chi connectivity index (χ2v) is 5.06. The number of hydrogen-bond donors (Lipinski definition) is 0. The first-order valence-electron chi connectivity index (χ1n) is 6.38. The molecule has 1 atom stereocenters. The molecular weight excluding hydrogens is 202 g/mol. The van der Waals surface area contributed by atoms with Gasteiger partial charge in [-0.05, 0) is 32.6 Å². The minimum absolute atomic E-state index is 0.229. The van der Waals surface area contributed by atoms with Crippen molar-refractivity contribution in [1.82, 2.24) is 4.90 Å². The van der Waals surface area contributed by atoms with Gasteiger partial charge in [-0.25, -0.2) is 0 Å². The summed E-state index contributed by atoms with van der Waals surface area (Å²) in [5.74, 6) is 0.296. The van der Waals surface area contributed by atoms with Gasteiger partial charge in [-0.15, -0.1) is 0 Å². The molecule has 16 heavy (non-hydrogen) atoms. The van der Waals surface area contributed by atoms with Crippen molar-refractivity contribution in [3.8, 4) is 0 Å². The molecule has 4 heteroatoms. The molecule has 0 aromatic heterocycles. The molecule has 0 aromatic carbocycles. The van der Waals surface area contributed by atoms with Crippen LogP contribution in [0.4, 0.5) is 0 Å². The lowest BCUT2D eigenvalue weighted by atomic mass is 9.99. The van der Waals surface area contributed by atoms with Gasteiger partial charge in [-0.2, -0.15) is 10.2 Å². The van der Waals surface area contributed by atoms with Crippen LogP contribution in [-0.4, -0.2) is 29.1 Å². The summed E-state index contributed by atoms with van der Waals surface area (Å²) in [6, 6.07) is 0.474. The summed E-state index contributed by atoms with van der Waals surface area (Å²) in [7, 11) is 0. The average molecular weight is 223 g/mol. The standard InChI is InChI=1S/C12H21N3O/c1-3-10-6-4-5-9-15(10)11(16)7-8-12(2)13-14-12/h10H,3-9H2,1-2H3. The molecule has 2 aliphatic rings. The minimum atomic E-state index is -0.229. The fourth-order valence-electron chi connectivity index (χ4n) is 2.43. The molecule has 1 fully saturated rings. The van der Waals surface area contributed by atoms with E-state index in [9.17, 15) is 4.79 Å². The van der Waals surface area contributed by atoms with Crippen LogP contribution in [0.3, 0.4) is 0 Å². The lowest BCUT2D eigenvalue weighted by Gasteiger charge is -2.35. The summed E-state index contributed by atoms with van der Waals surface area (Å²) in [4.78, 5) is 14.2. The maximum Gasteiger partial charge on any atom is 0.222 e. The molecule has 1 amide bonds. The second kappa shape index (κ2) is 4.52. The van der Waals surface area contributed by atoms with Crippen LogP contribution >= 0.6 is 0 Å². The monoisotopic (exact) mass is 223 g/mol. The molecule has 0 aliphatic carbocycles. The van der Waals surface area contributed by atoms with Gasteiger partial charge in [-0.1, -0.05) is 6.92 Å². The third kappa shape index (κ3) is 2.60. The Bertz CT molecular complexity index is 295. The van der Waals surface area contributed by atoms with Crippen LogP contribution in [0, 0.1) is 0 Å². The maximum atomic E-state index is 12.1. The fraction of sp³-hybridized carbons (Fsp3) is 0.917. The van der Waals surface area contributed by atoms with Crippen LogP contribution in [0.25, 0.3) is 0 Å². The van der Waals surface area contributed by atoms with Gasteiger partial charge in [0.15, 0.2) is 5.66 Å². The Morgan fingerprint density at radius 2 is 2.19 bits per heavy atom. The highest BCUT2D eigenvalue weighted by atomic mass is 16.2. The summed E-state index contributed by atoms with van der Waals surface area (Å²) in [5.41, 5.74) is -0.229. The Kier molecular flexibility index (Phi) is 3.26. The zero-order valence-corrected chi connectivity index (χ0v) is 10.3. The molecule has 2 rings (SSSR count). The van der Waals surface area contributed by atoms with E-state index < -0.39 is 0 Å². The third-order valence-electron chi connectivity index (χ3n) is 3.67. The molecule has 1 unspecified atom stereocenters. The fourth-order valence-corrected chi connectivity index (χ4v) is 2.43. The Morgan fingerprint density at radius 3 is 2.81 bits per heavy atom. The minimum Gasteiger partial charge on any atom is -0.340 e. The molecule has 0 N–H and O–H groups in total. The van der Waals surface area contributed by atoms with Gasteiger partial charge in [0.05, 0.1) is 0 Å². The van der Waals surface area contributed by atoms with Gasteiger partial charge < -0.3 is 4.90 Å². The van der Waals surface area contributed by atoms with Crippen LogP contribution in [0.2, 0.25) is 0 Å². The van der Waals surface area contributed by atoms with E-state index in [-0.39, 0.29) is 5.66 Å². The average Bonchev–Trinajstić information content (AvgIpc) is 3.05. The van der Waals surface area contributed by atoms with E-state index in [0.29, 0.717) is 18.4 Å². The summed E-state index contributed by atoms with van der Waals surface area (Å²) in [6.07, 6.45) is 6.06. The van der Waals surface area contributed by atoms with Crippen molar-refractivity contribution in [1.29, 1.82) is 0 Å². The quantitative estimate of drug-likeness (QED) is 0.722. The molecule has 0 saturated carbocycles. The van der Waals surface area contributed by atoms with Gasteiger partial charge >= 0.3 is 0 Å². The first-order valence-corrected chi connectivity index (χ1v) is 6.38. The zero-order valence-electron chi connectivity index (χ0n) is 10.3. The highest BCUT2D eigenvalue weighted by molar-refractivity contribution is 5.76. The van der Waals surface area contributed by atoms with E-state index in [1.807, 2.05) is 6.92 Å². The van der Waals surface area contributed by atoms with E-state index >= 15 is 0 Å².